The van der Waals surface area contributed by atoms with Gasteiger partial charge in [-0.1, -0.05) is 12.1 Å². The largest absolute Gasteiger partial charge is 0.465 e. The van der Waals surface area contributed by atoms with E-state index in [1.807, 2.05) is 16.7 Å². The zero-order chi connectivity index (χ0) is 19.1. The number of carbonyl (C=O) groups is 2. The number of methoxy groups -OCH3 is 1. The Balaban J connectivity index is 1.69. The number of hydrogen-bond acceptors (Lipinski definition) is 4. The van der Waals surface area contributed by atoms with Crippen LogP contribution in [0.4, 0.5) is 5.69 Å². The summed E-state index contributed by atoms with van der Waals surface area (Å²) in [7, 11) is 1.31. The molecular formula is C21H18N2O4. The van der Waals surface area contributed by atoms with Gasteiger partial charge in [-0.15, -0.1) is 0 Å². The van der Waals surface area contributed by atoms with Crippen molar-refractivity contribution in [1.29, 1.82) is 0 Å². The average molecular weight is 362 g/mol. The van der Waals surface area contributed by atoms with Crippen molar-refractivity contribution in [2.45, 2.75) is 19.4 Å². The Labute approximate surface area is 155 Å². The van der Waals surface area contributed by atoms with E-state index < -0.39 is 11.9 Å². The first-order chi connectivity index (χ1) is 13.0. The van der Waals surface area contributed by atoms with E-state index in [9.17, 15) is 14.4 Å². The predicted octanol–water partition coefficient (Wildman–Crippen LogP) is 3.16. The van der Waals surface area contributed by atoms with Gasteiger partial charge in [-0.3, -0.25) is 9.59 Å². The lowest BCUT2D eigenvalue weighted by Gasteiger charge is -2.13. The van der Waals surface area contributed by atoms with E-state index in [-0.39, 0.29) is 17.0 Å². The minimum atomic E-state index is -0.471. The zero-order valence-electron chi connectivity index (χ0n) is 15.0. The van der Waals surface area contributed by atoms with Gasteiger partial charge in [-0.25, -0.2) is 4.79 Å². The molecule has 6 nitrogen and oxygen atoms in total. The fourth-order valence-corrected chi connectivity index (χ4v) is 3.58. The molecule has 0 fully saturated rings. The Kier molecular flexibility index (Phi) is 4.03. The van der Waals surface area contributed by atoms with Crippen molar-refractivity contribution in [1.82, 2.24) is 4.57 Å². The van der Waals surface area contributed by atoms with Crippen molar-refractivity contribution < 1.29 is 14.3 Å². The monoisotopic (exact) mass is 362 g/mol. The van der Waals surface area contributed by atoms with Gasteiger partial charge in [0.15, 0.2) is 0 Å². The molecule has 6 heteroatoms. The third-order valence-corrected chi connectivity index (χ3v) is 4.93. The van der Waals surface area contributed by atoms with Gasteiger partial charge in [-0.2, -0.15) is 0 Å². The van der Waals surface area contributed by atoms with Gasteiger partial charge >= 0.3 is 5.97 Å². The standard InChI is InChI=1S/C21H18N2O4/c1-12-10-14-4-3-5-16-18(14)23(12)11-17(19(16)24)20(25)22-15-8-6-13(7-9-15)21(26)27-2/h3-9,11-12H,10H2,1-2H3,(H,22,25)/t12-/m1/s1. The van der Waals surface area contributed by atoms with Crippen LogP contribution in [0.2, 0.25) is 0 Å². The molecule has 0 saturated heterocycles. The van der Waals surface area contributed by atoms with Crippen molar-refractivity contribution >= 4 is 28.5 Å². The van der Waals surface area contributed by atoms with E-state index in [1.165, 1.54) is 7.11 Å². The molecule has 0 radical (unpaired) electrons. The van der Waals surface area contributed by atoms with Gasteiger partial charge in [0.2, 0.25) is 5.43 Å². The Hall–Kier alpha value is -3.41. The van der Waals surface area contributed by atoms with Crippen molar-refractivity contribution in [3.05, 3.63) is 75.6 Å². The van der Waals surface area contributed by atoms with Crippen LogP contribution in [0, 0.1) is 0 Å². The quantitative estimate of drug-likeness (QED) is 0.726. The maximum absolute atomic E-state index is 12.8. The molecule has 1 aliphatic rings. The highest BCUT2D eigenvalue weighted by Crippen LogP contribution is 2.31. The number of carbonyl (C=O) groups excluding carboxylic acids is 2. The van der Waals surface area contributed by atoms with E-state index in [2.05, 4.69) is 17.0 Å². The molecule has 0 unspecified atom stereocenters. The maximum atomic E-state index is 12.8. The number of pyridine rings is 1. The van der Waals surface area contributed by atoms with Crippen molar-refractivity contribution in [2.24, 2.45) is 0 Å². The molecule has 1 atom stereocenters. The van der Waals surface area contributed by atoms with Crippen LogP contribution in [-0.4, -0.2) is 23.6 Å². The number of rotatable bonds is 3. The fourth-order valence-electron chi connectivity index (χ4n) is 3.58. The van der Waals surface area contributed by atoms with E-state index in [1.54, 1.807) is 36.5 Å². The SMILES string of the molecule is COC(=O)c1ccc(NC(=O)c2cn3c4c(cccc4c2=O)C[C@H]3C)cc1. The van der Waals surface area contributed by atoms with Crippen LogP contribution in [-0.2, 0) is 11.2 Å². The first-order valence-corrected chi connectivity index (χ1v) is 8.66. The molecule has 1 aromatic heterocycles. The molecule has 1 amide bonds. The fraction of sp³-hybridized carbons (Fsp3) is 0.190. The molecular weight excluding hydrogens is 344 g/mol. The molecule has 2 aromatic carbocycles. The van der Waals surface area contributed by atoms with Crippen LogP contribution < -0.4 is 10.7 Å². The number of esters is 1. The van der Waals surface area contributed by atoms with Crippen LogP contribution >= 0.6 is 0 Å². The van der Waals surface area contributed by atoms with E-state index in [0.29, 0.717) is 16.6 Å². The van der Waals surface area contributed by atoms with Crippen LogP contribution in [0.25, 0.3) is 10.9 Å². The molecule has 2 heterocycles. The number of amides is 1. The van der Waals surface area contributed by atoms with Crippen LogP contribution in [0.3, 0.4) is 0 Å². The lowest BCUT2D eigenvalue weighted by atomic mass is 10.1. The number of nitrogens with one attached hydrogen (secondary N) is 1. The predicted molar refractivity (Wildman–Crippen MR) is 102 cm³/mol. The molecule has 0 saturated carbocycles. The topological polar surface area (TPSA) is 77.4 Å². The van der Waals surface area contributed by atoms with Gasteiger partial charge in [0, 0.05) is 23.3 Å². The van der Waals surface area contributed by atoms with E-state index in [0.717, 1.165) is 17.5 Å². The number of ether oxygens (including phenoxy) is 1. The Bertz CT molecular complexity index is 1130. The summed E-state index contributed by atoms with van der Waals surface area (Å²) in [6.07, 6.45) is 2.49. The molecule has 1 aliphatic heterocycles. The third kappa shape index (κ3) is 2.79. The van der Waals surface area contributed by atoms with Crippen LogP contribution in [0.15, 0.2) is 53.5 Å². The summed E-state index contributed by atoms with van der Waals surface area (Å²) >= 11 is 0. The molecule has 3 aromatic rings. The van der Waals surface area contributed by atoms with E-state index in [4.69, 9.17) is 0 Å². The van der Waals surface area contributed by atoms with Gasteiger partial charge in [0.1, 0.15) is 5.56 Å². The van der Waals surface area contributed by atoms with E-state index >= 15 is 0 Å². The molecule has 136 valence electrons. The molecule has 4 rings (SSSR count). The Morgan fingerprint density at radius 2 is 1.89 bits per heavy atom. The van der Waals surface area contributed by atoms with Gasteiger partial charge in [0.05, 0.1) is 18.2 Å². The van der Waals surface area contributed by atoms with Crippen molar-refractivity contribution in [3.63, 3.8) is 0 Å². The molecule has 27 heavy (non-hydrogen) atoms. The number of anilines is 1. The lowest BCUT2D eigenvalue weighted by molar-refractivity contribution is 0.0600. The number of aromatic nitrogens is 1. The zero-order valence-corrected chi connectivity index (χ0v) is 15.0. The highest BCUT2D eigenvalue weighted by Gasteiger charge is 2.24. The Morgan fingerprint density at radius 3 is 2.59 bits per heavy atom. The highest BCUT2D eigenvalue weighted by atomic mass is 16.5. The Morgan fingerprint density at radius 1 is 1.15 bits per heavy atom. The second kappa shape index (κ2) is 6.39. The summed E-state index contributed by atoms with van der Waals surface area (Å²) in [6.45, 7) is 2.07. The van der Waals surface area contributed by atoms with Gasteiger partial charge in [0.25, 0.3) is 5.91 Å². The average Bonchev–Trinajstić information content (AvgIpc) is 3.00. The summed E-state index contributed by atoms with van der Waals surface area (Å²) in [5.74, 6) is -0.922. The highest BCUT2D eigenvalue weighted by molar-refractivity contribution is 6.06. The number of benzene rings is 2. The molecule has 0 bridgehead atoms. The minimum Gasteiger partial charge on any atom is -0.465 e. The second-order valence-corrected chi connectivity index (χ2v) is 6.67. The van der Waals surface area contributed by atoms with Crippen molar-refractivity contribution in [3.8, 4) is 0 Å². The molecule has 0 spiro atoms. The summed E-state index contributed by atoms with van der Waals surface area (Å²) in [4.78, 5) is 37.1. The first-order valence-electron chi connectivity index (χ1n) is 8.66. The number of nitrogens with zero attached hydrogens (tertiary/aromatic N) is 1. The van der Waals surface area contributed by atoms with Gasteiger partial charge in [-0.05, 0) is 49.2 Å². The maximum Gasteiger partial charge on any atom is 0.337 e. The van der Waals surface area contributed by atoms with Crippen LogP contribution in [0.5, 0.6) is 0 Å². The van der Waals surface area contributed by atoms with Gasteiger partial charge < -0.3 is 14.6 Å². The third-order valence-electron chi connectivity index (χ3n) is 4.93. The number of hydrogen-bond donors (Lipinski definition) is 1. The summed E-state index contributed by atoms with van der Waals surface area (Å²) in [6, 6.07) is 12.1. The summed E-state index contributed by atoms with van der Waals surface area (Å²) in [5.41, 5.74) is 2.74. The van der Waals surface area contributed by atoms with Crippen LogP contribution in [0.1, 0.15) is 39.2 Å². The molecule has 0 aliphatic carbocycles. The lowest BCUT2D eigenvalue weighted by Crippen LogP contribution is -2.23. The normalized spacial score (nSPS) is 15.0. The summed E-state index contributed by atoms with van der Waals surface area (Å²) < 4.78 is 6.65. The summed E-state index contributed by atoms with van der Waals surface area (Å²) in [5, 5.41) is 3.29. The minimum absolute atomic E-state index is 0.102. The smallest absolute Gasteiger partial charge is 0.337 e. The first kappa shape index (κ1) is 17.0. The second-order valence-electron chi connectivity index (χ2n) is 6.67. The number of para-hydroxylation sites is 1. The molecule has 1 N–H and O–H groups in total. The van der Waals surface area contributed by atoms with Crippen molar-refractivity contribution in [2.75, 3.05) is 12.4 Å².